The Balaban J connectivity index is 1.54. The first-order valence-corrected chi connectivity index (χ1v) is 10.8. The Morgan fingerprint density at radius 2 is 1.97 bits per heavy atom. The van der Waals surface area contributed by atoms with Gasteiger partial charge in [-0.15, -0.1) is 4.80 Å². The summed E-state index contributed by atoms with van der Waals surface area (Å²) in [6.07, 6.45) is 1.11. The summed E-state index contributed by atoms with van der Waals surface area (Å²) in [5, 5.41) is 14.8. The molecule has 15 heteroatoms. The third kappa shape index (κ3) is 3.43. The van der Waals surface area contributed by atoms with Gasteiger partial charge in [0.2, 0.25) is 0 Å². The third-order valence-corrected chi connectivity index (χ3v) is 6.19. The molecule has 0 bridgehead atoms. The van der Waals surface area contributed by atoms with E-state index in [9.17, 15) is 18.0 Å². The van der Waals surface area contributed by atoms with Crippen LogP contribution < -0.4 is 16.0 Å². The van der Waals surface area contributed by atoms with E-state index in [1.165, 1.54) is 35.7 Å². The highest BCUT2D eigenvalue weighted by molar-refractivity contribution is 6.32. The summed E-state index contributed by atoms with van der Waals surface area (Å²) in [6.45, 7) is 2.12. The van der Waals surface area contributed by atoms with Crippen molar-refractivity contribution in [2.45, 2.75) is 31.9 Å². The molecule has 0 saturated heterocycles. The Bertz CT molecular complexity index is 1450. The van der Waals surface area contributed by atoms with E-state index in [1.54, 1.807) is 6.92 Å². The van der Waals surface area contributed by atoms with Crippen LogP contribution in [0.1, 0.15) is 25.2 Å². The molecule has 4 aromatic heterocycles. The molecule has 0 aromatic carbocycles. The number of hydrogen-bond acceptors (Lipinski definition) is 7. The number of anilines is 3. The van der Waals surface area contributed by atoms with Crippen molar-refractivity contribution in [1.29, 1.82) is 0 Å². The zero-order valence-electron chi connectivity index (χ0n) is 18.4. The number of urea groups is 1. The first-order chi connectivity index (χ1) is 16.5. The second-order valence-corrected chi connectivity index (χ2v) is 8.54. The Hall–Kier alpha value is -3.94. The van der Waals surface area contributed by atoms with Crippen LogP contribution in [-0.2, 0) is 11.8 Å². The molecule has 35 heavy (non-hydrogen) atoms. The van der Waals surface area contributed by atoms with Gasteiger partial charge in [-0.25, -0.2) is 19.3 Å². The van der Waals surface area contributed by atoms with E-state index >= 15 is 0 Å². The molecule has 182 valence electrons. The molecule has 0 radical (unpaired) electrons. The van der Waals surface area contributed by atoms with E-state index in [0.717, 1.165) is 16.3 Å². The van der Waals surface area contributed by atoms with Crippen molar-refractivity contribution in [3.63, 3.8) is 0 Å². The lowest BCUT2D eigenvalue weighted by molar-refractivity contribution is -0.181. The molecule has 3 N–H and O–H groups in total. The van der Waals surface area contributed by atoms with Crippen molar-refractivity contribution < 1.29 is 18.0 Å². The number of carbonyl (C=O) groups excluding carboxylic acids is 1. The molecule has 0 aliphatic carbocycles. The zero-order valence-corrected chi connectivity index (χ0v) is 19.1. The summed E-state index contributed by atoms with van der Waals surface area (Å²) in [5.41, 5.74) is 4.29. The van der Waals surface area contributed by atoms with Gasteiger partial charge in [-0.05, 0) is 19.4 Å². The number of pyridine rings is 1. The van der Waals surface area contributed by atoms with Crippen LogP contribution in [-0.4, -0.2) is 53.3 Å². The average Bonchev–Trinajstić information content (AvgIpc) is 3.51. The zero-order chi connectivity index (χ0) is 25.1. The highest BCUT2D eigenvalue weighted by Crippen LogP contribution is 2.50. The molecular formula is C20H18ClF3N10O. The van der Waals surface area contributed by atoms with E-state index in [4.69, 9.17) is 17.3 Å². The number of aryl methyl sites for hydroxylation is 1. The monoisotopic (exact) mass is 506 g/mol. The average molecular weight is 507 g/mol. The Morgan fingerprint density at radius 3 is 2.60 bits per heavy atom. The maximum Gasteiger partial charge on any atom is 0.401 e. The number of nitrogens with zero attached hydrogens (tertiary/aromatic N) is 8. The first-order valence-electron chi connectivity index (χ1n) is 10.4. The van der Waals surface area contributed by atoms with Crippen LogP contribution >= 0.6 is 11.6 Å². The van der Waals surface area contributed by atoms with E-state index in [1.807, 2.05) is 0 Å². The van der Waals surface area contributed by atoms with Gasteiger partial charge in [-0.1, -0.05) is 18.5 Å². The van der Waals surface area contributed by atoms with Gasteiger partial charge in [-0.2, -0.15) is 28.5 Å². The summed E-state index contributed by atoms with van der Waals surface area (Å²) in [7, 11) is 0. The maximum atomic E-state index is 14.3. The van der Waals surface area contributed by atoms with Crippen LogP contribution in [0.3, 0.4) is 0 Å². The molecule has 1 aliphatic heterocycles. The number of nitrogens with one attached hydrogen (secondary N) is 1. The predicted molar refractivity (Wildman–Crippen MR) is 121 cm³/mol. The second kappa shape index (κ2) is 7.80. The van der Waals surface area contributed by atoms with Crippen molar-refractivity contribution >= 4 is 40.3 Å². The van der Waals surface area contributed by atoms with Crippen molar-refractivity contribution in [2.75, 3.05) is 22.5 Å². The molecule has 0 unspecified atom stereocenters. The lowest BCUT2D eigenvalue weighted by Gasteiger charge is -2.28. The van der Waals surface area contributed by atoms with Crippen LogP contribution in [0.4, 0.5) is 35.0 Å². The van der Waals surface area contributed by atoms with Crippen LogP contribution in [0.5, 0.6) is 0 Å². The quantitative estimate of drug-likeness (QED) is 0.435. The largest absolute Gasteiger partial charge is 0.401 e. The maximum absolute atomic E-state index is 14.3. The Labute approximate surface area is 200 Å². The fraction of sp³-hybridized carbons (Fsp3) is 0.300. The van der Waals surface area contributed by atoms with Crippen LogP contribution in [0, 0.1) is 0 Å². The van der Waals surface area contributed by atoms with Gasteiger partial charge >= 0.3 is 12.2 Å². The lowest BCUT2D eigenvalue weighted by atomic mass is 9.87. The van der Waals surface area contributed by atoms with Gasteiger partial charge in [0.05, 0.1) is 52.6 Å². The molecular weight excluding hydrogens is 489 g/mol. The van der Waals surface area contributed by atoms with Gasteiger partial charge in [-0.3, -0.25) is 4.90 Å². The van der Waals surface area contributed by atoms with Crippen molar-refractivity contribution in [3.8, 4) is 5.82 Å². The third-order valence-electron chi connectivity index (χ3n) is 5.91. The fourth-order valence-corrected chi connectivity index (χ4v) is 4.30. The van der Waals surface area contributed by atoms with Crippen LogP contribution in [0.2, 0.25) is 5.02 Å². The normalized spacial score (nSPS) is 17.7. The highest BCUT2D eigenvalue weighted by Gasteiger charge is 2.60. The number of fused-ring (bicyclic) bond motifs is 3. The number of nitrogens with two attached hydrogens (primary N) is 1. The second-order valence-electron chi connectivity index (χ2n) is 8.14. The number of aromatic nitrogens is 7. The summed E-state index contributed by atoms with van der Waals surface area (Å²) in [5.74, 6) is 0.223. The van der Waals surface area contributed by atoms with Crippen LogP contribution in [0.15, 0.2) is 30.9 Å². The lowest BCUT2D eigenvalue weighted by Crippen LogP contribution is -2.46. The van der Waals surface area contributed by atoms with E-state index in [-0.39, 0.29) is 39.2 Å². The topological polar surface area (TPSA) is 132 Å². The minimum Gasteiger partial charge on any atom is -0.394 e. The predicted octanol–water partition coefficient (Wildman–Crippen LogP) is 3.38. The van der Waals surface area contributed by atoms with Gasteiger partial charge in [0, 0.05) is 6.54 Å². The van der Waals surface area contributed by atoms with E-state index in [0.29, 0.717) is 12.1 Å². The standard InChI is InChI=1S/C20H18ClF3N10O/c1-3-12-14(25)17-27-8-13-15(33(17)31-12)19(2,20(22,23)24)9-32(13)18(35)30-10-6-11(21)16(26-7-10)34-28-4-5-29-34/h4-8H,3,9,25H2,1-2H3,(H,30,35)/t19-/m1/s1. The molecule has 1 atom stereocenters. The summed E-state index contributed by atoms with van der Waals surface area (Å²) < 4.78 is 44.1. The van der Waals surface area contributed by atoms with E-state index in [2.05, 4.69) is 30.6 Å². The Morgan fingerprint density at radius 1 is 1.26 bits per heavy atom. The number of hydrogen-bond donors (Lipinski definition) is 2. The molecule has 4 aromatic rings. The number of carbonyl (C=O) groups is 1. The smallest absolute Gasteiger partial charge is 0.394 e. The van der Waals surface area contributed by atoms with Gasteiger partial charge < -0.3 is 11.1 Å². The number of amides is 2. The fourth-order valence-electron chi connectivity index (χ4n) is 4.06. The summed E-state index contributed by atoms with van der Waals surface area (Å²) >= 11 is 6.24. The molecule has 5 rings (SSSR count). The van der Waals surface area contributed by atoms with Crippen molar-refractivity contribution in [2.24, 2.45) is 0 Å². The molecule has 0 saturated carbocycles. The summed E-state index contributed by atoms with van der Waals surface area (Å²) in [4.78, 5) is 23.6. The van der Waals surface area contributed by atoms with E-state index < -0.39 is 24.2 Å². The highest BCUT2D eigenvalue weighted by atomic mass is 35.5. The minimum atomic E-state index is -4.69. The SMILES string of the molecule is CCc1nn2c3c(cnc2c1N)N(C(=O)Nc1cnc(-n2nccn2)c(Cl)c1)C[C@@]3(C)C(F)(F)F. The molecule has 0 spiro atoms. The number of alkyl halides is 3. The van der Waals surface area contributed by atoms with Crippen molar-refractivity contribution in [1.82, 2.24) is 34.6 Å². The van der Waals surface area contributed by atoms with Crippen molar-refractivity contribution in [3.05, 3.63) is 47.3 Å². The molecule has 5 heterocycles. The van der Waals surface area contributed by atoms with Gasteiger partial charge in [0.25, 0.3) is 0 Å². The molecule has 1 aliphatic rings. The molecule has 0 fully saturated rings. The summed E-state index contributed by atoms with van der Waals surface area (Å²) in [6, 6.07) is 0.577. The van der Waals surface area contributed by atoms with Crippen LogP contribution in [0.25, 0.3) is 11.5 Å². The number of halogens is 4. The van der Waals surface area contributed by atoms with Gasteiger partial charge in [0.15, 0.2) is 11.5 Å². The number of nitrogen functional groups attached to an aromatic ring is 1. The number of rotatable bonds is 3. The Kier molecular flexibility index (Phi) is 5.09. The molecule has 11 nitrogen and oxygen atoms in total. The molecule has 2 amide bonds. The minimum absolute atomic E-state index is 0.0311. The first kappa shape index (κ1) is 22.8. The van der Waals surface area contributed by atoms with Gasteiger partial charge in [0.1, 0.15) is 11.1 Å².